The third-order valence-electron chi connectivity index (χ3n) is 3.32. The van der Waals surface area contributed by atoms with E-state index in [0.29, 0.717) is 18.4 Å². The molecular formula is C12H12BrFO4S. The van der Waals surface area contributed by atoms with Crippen molar-refractivity contribution in [1.29, 1.82) is 0 Å². The van der Waals surface area contributed by atoms with E-state index in [1.54, 1.807) is 0 Å². The highest BCUT2D eigenvalue weighted by atomic mass is 79.9. The molecule has 0 atom stereocenters. The third kappa shape index (κ3) is 2.81. The first-order valence-electron chi connectivity index (χ1n) is 5.57. The topological polar surface area (TPSA) is 71.4 Å². The van der Waals surface area contributed by atoms with Gasteiger partial charge in [-0.2, -0.15) is 0 Å². The fourth-order valence-corrected chi connectivity index (χ4v) is 4.37. The summed E-state index contributed by atoms with van der Waals surface area (Å²) in [5.41, 5.74) is -0.0164. The first-order chi connectivity index (χ1) is 8.66. The summed E-state index contributed by atoms with van der Waals surface area (Å²) in [7, 11) is -3.67. The van der Waals surface area contributed by atoms with Crippen molar-refractivity contribution in [1.82, 2.24) is 0 Å². The van der Waals surface area contributed by atoms with Gasteiger partial charge in [0.05, 0.1) is 6.42 Å². The summed E-state index contributed by atoms with van der Waals surface area (Å²) in [6.45, 7) is 0. The summed E-state index contributed by atoms with van der Waals surface area (Å²) in [6.07, 6.45) is 2.20. The maximum atomic E-state index is 13.9. The molecule has 1 aliphatic carbocycles. The average Bonchev–Trinajstić information content (AvgIpc) is 2.94. The normalized spacial score (nSPS) is 17.2. The van der Waals surface area contributed by atoms with Crippen LogP contribution in [0.25, 0.3) is 0 Å². The summed E-state index contributed by atoms with van der Waals surface area (Å²) in [4.78, 5) is 10.4. The van der Waals surface area contributed by atoms with E-state index in [-0.39, 0.29) is 15.8 Å². The number of hydrogen-bond acceptors (Lipinski definition) is 3. The van der Waals surface area contributed by atoms with Gasteiger partial charge in [0.2, 0.25) is 0 Å². The lowest BCUT2D eigenvalue weighted by atomic mass is 9.92. The Hall–Kier alpha value is -0.950. The summed E-state index contributed by atoms with van der Waals surface area (Å²) >= 11 is 3.05. The van der Waals surface area contributed by atoms with Crippen molar-refractivity contribution in [2.45, 2.75) is 29.6 Å². The van der Waals surface area contributed by atoms with Crippen LogP contribution < -0.4 is 0 Å². The molecule has 0 amide bonds. The van der Waals surface area contributed by atoms with E-state index >= 15 is 0 Å². The molecule has 0 unspecified atom stereocenters. The lowest BCUT2D eigenvalue weighted by Crippen LogP contribution is -2.14. The Morgan fingerprint density at radius 3 is 2.42 bits per heavy atom. The zero-order valence-corrected chi connectivity index (χ0v) is 12.5. The molecule has 1 saturated carbocycles. The van der Waals surface area contributed by atoms with Crippen LogP contribution in [-0.4, -0.2) is 25.7 Å². The van der Waals surface area contributed by atoms with Crippen molar-refractivity contribution in [3.05, 3.63) is 28.0 Å². The summed E-state index contributed by atoms with van der Waals surface area (Å²) in [6, 6.07) is 2.65. The van der Waals surface area contributed by atoms with Crippen molar-refractivity contribution in [2.24, 2.45) is 0 Å². The Kier molecular flexibility index (Phi) is 3.47. The molecule has 0 spiro atoms. The molecule has 0 bridgehead atoms. The van der Waals surface area contributed by atoms with Crippen LogP contribution >= 0.6 is 15.9 Å². The summed E-state index contributed by atoms with van der Waals surface area (Å²) in [5, 5.41) is 8.87. The van der Waals surface area contributed by atoms with Crippen LogP contribution in [0.3, 0.4) is 0 Å². The Morgan fingerprint density at radius 2 is 2.05 bits per heavy atom. The monoisotopic (exact) mass is 350 g/mol. The fraction of sp³-hybridized carbons (Fsp3) is 0.417. The van der Waals surface area contributed by atoms with Gasteiger partial charge in [0.25, 0.3) is 0 Å². The number of carboxylic acid groups (broad SMARTS) is 1. The maximum absolute atomic E-state index is 13.9. The molecule has 0 heterocycles. The van der Waals surface area contributed by atoms with Gasteiger partial charge in [-0.1, -0.05) is 0 Å². The van der Waals surface area contributed by atoms with Crippen LogP contribution in [0.2, 0.25) is 0 Å². The highest BCUT2D eigenvalue weighted by molar-refractivity contribution is 9.10. The summed E-state index contributed by atoms with van der Waals surface area (Å²) < 4.78 is 37.0. The molecule has 1 N–H and O–H groups in total. The number of hydrogen-bond donors (Lipinski definition) is 1. The molecule has 7 heteroatoms. The minimum absolute atomic E-state index is 0.0723. The second kappa shape index (κ2) is 4.56. The highest BCUT2D eigenvalue weighted by Gasteiger charge is 2.46. The molecular weight excluding hydrogens is 339 g/mol. The fourth-order valence-electron chi connectivity index (χ4n) is 2.23. The van der Waals surface area contributed by atoms with Gasteiger partial charge in [0, 0.05) is 16.1 Å². The molecule has 1 aliphatic rings. The lowest BCUT2D eigenvalue weighted by molar-refractivity contribution is -0.137. The maximum Gasteiger partial charge on any atom is 0.304 e. The highest BCUT2D eigenvalue weighted by Crippen LogP contribution is 2.52. The first kappa shape index (κ1) is 14.5. The largest absolute Gasteiger partial charge is 0.481 e. The zero-order chi connectivity index (χ0) is 14.4. The second-order valence-electron chi connectivity index (χ2n) is 4.89. The van der Waals surface area contributed by atoms with Crippen molar-refractivity contribution in [3.63, 3.8) is 0 Å². The molecule has 4 nitrogen and oxygen atoms in total. The van der Waals surface area contributed by atoms with E-state index in [9.17, 15) is 17.6 Å². The van der Waals surface area contributed by atoms with Crippen LogP contribution in [-0.2, 0) is 20.0 Å². The smallest absolute Gasteiger partial charge is 0.304 e. The molecule has 1 aromatic carbocycles. The van der Waals surface area contributed by atoms with Crippen molar-refractivity contribution in [3.8, 4) is 0 Å². The average molecular weight is 351 g/mol. The minimum Gasteiger partial charge on any atom is -0.481 e. The van der Waals surface area contributed by atoms with Gasteiger partial charge in [-0.15, -0.1) is 0 Å². The van der Waals surface area contributed by atoms with Crippen molar-refractivity contribution < 1.29 is 22.7 Å². The van der Waals surface area contributed by atoms with E-state index in [1.807, 2.05) is 0 Å². The second-order valence-corrected chi connectivity index (χ2v) is 7.70. The van der Waals surface area contributed by atoms with Gasteiger partial charge < -0.3 is 5.11 Å². The minimum atomic E-state index is -3.67. The van der Waals surface area contributed by atoms with Gasteiger partial charge in [-0.3, -0.25) is 4.79 Å². The molecule has 0 aromatic heterocycles. The molecule has 19 heavy (non-hydrogen) atoms. The SMILES string of the molecule is CS(=O)(=O)c1c(F)cc(C2(CC(=O)O)CC2)cc1Br. The molecule has 1 aromatic rings. The standard InChI is InChI=1S/C12H12BrFO4S/c1-19(17,18)11-8(13)4-7(5-9(11)14)12(2-3-12)6-10(15)16/h4-5H,2-3,6H2,1H3,(H,15,16). The number of carboxylic acids is 1. The van der Waals surface area contributed by atoms with Gasteiger partial charge in [0.1, 0.15) is 10.7 Å². The third-order valence-corrected chi connectivity index (χ3v) is 5.37. The van der Waals surface area contributed by atoms with E-state index in [4.69, 9.17) is 5.11 Å². The van der Waals surface area contributed by atoms with Crippen LogP contribution in [0.1, 0.15) is 24.8 Å². The van der Waals surface area contributed by atoms with Crippen LogP contribution in [0.4, 0.5) is 4.39 Å². The predicted octanol–water partition coefficient (Wildman–Crippen LogP) is 2.50. The molecule has 0 radical (unpaired) electrons. The van der Waals surface area contributed by atoms with Gasteiger partial charge >= 0.3 is 5.97 Å². The Bertz CT molecular complexity index is 627. The zero-order valence-electron chi connectivity index (χ0n) is 10.1. The Morgan fingerprint density at radius 1 is 1.47 bits per heavy atom. The predicted molar refractivity (Wildman–Crippen MR) is 70.4 cm³/mol. The van der Waals surface area contributed by atoms with Crippen LogP contribution in [0.15, 0.2) is 21.5 Å². The number of rotatable bonds is 4. The summed E-state index contributed by atoms with van der Waals surface area (Å²) in [5.74, 6) is -1.79. The van der Waals surface area contributed by atoms with Crippen molar-refractivity contribution >= 4 is 31.7 Å². The molecule has 104 valence electrons. The number of sulfone groups is 1. The molecule has 0 saturated heterocycles. The quantitative estimate of drug-likeness (QED) is 0.905. The van der Waals surface area contributed by atoms with Crippen molar-refractivity contribution in [2.75, 3.05) is 6.26 Å². The number of benzene rings is 1. The van der Waals surface area contributed by atoms with Crippen LogP contribution in [0.5, 0.6) is 0 Å². The number of aliphatic carboxylic acids is 1. The molecule has 2 rings (SSSR count). The van der Waals surface area contributed by atoms with E-state index in [0.717, 1.165) is 12.3 Å². The first-order valence-corrected chi connectivity index (χ1v) is 8.25. The molecule has 1 fully saturated rings. The van der Waals surface area contributed by atoms with Gasteiger partial charge in [-0.05, 0) is 46.5 Å². The van der Waals surface area contributed by atoms with Crippen LogP contribution in [0, 0.1) is 5.82 Å². The van der Waals surface area contributed by atoms with Gasteiger partial charge in [-0.25, -0.2) is 12.8 Å². The van der Waals surface area contributed by atoms with Gasteiger partial charge in [0.15, 0.2) is 9.84 Å². The number of halogens is 2. The lowest BCUT2D eigenvalue weighted by Gasteiger charge is -2.15. The number of carbonyl (C=O) groups is 1. The van der Waals surface area contributed by atoms with E-state index in [1.165, 1.54) is 6.07 Å². The Labute approximate surface area is 118 Å². The van der Waals surface area contributed by atoms with E-state index < -0.39 is 27.0 Å². The molecule has 0 aliphatic heterocycles. The Balaban J connectivity index is 2.50. The van der Waals surface area contributed by atoms with E-state index in [2.05, 4.69) is 15.9 Å².